The zero-order valence-corrected chi connectivity index (χ0v) is 11.3. The van der Waals surface area contributed by atoms with Crippen LogP contribution in [0.3, 0.4) is 0 Å². The Kier molecular flexibility index (Phi) is 6.25. The molecule has 1 rings (SSSR count). The van der Waals surface area contributed by atoms with E-state index in [0.29, 0.717) is 0 Å². The maximum absolute atomic E-state index is 4.42. The van der Waals surface area contributed by atoms with Crippen LogP contribution in [0.4, 0.5) is 0 Å². The first-order valence-corrected chi connectivity index (χ1v) is 5.72. The lowest BCUT2D eigenvalue weighted by Crippen LogP contribution is -2.12. The topological polar surface area (TPSA) is 21.1 Å². The average Bonchev–Trinajstić information content (AvgIpc) is 2.44. The lowest BCUT2D eigenvalue weighted by atomic mass is 10.1. The molecule has 0 saturated carbocycles. The fourth-order valence-electron chi connectivity index (χ4n) is 1.71. The highest BCUT2D eigenvalue weighted by atomic mass is 15.3. The molecule has 0 spiro atoms. The lowest BCUT2D eigenvalue weighted by Gasteiger charge is -2.10. The van der Waals surface area contributed by atoms with E-state index in [0.717, 1.165) is 18.7 Å². The summed E-state index contributed by atoms with van der Waals surface area (Å²) in [6.45, 7) is 9.25. The molecular weight excluding hydrogens is 186 g/mol. The molecule has 0 aliphatic rings. The summed E-state index contributed by atoms with van der Waals surface area (Å²) in [5, 5.41) is 4.42. The molecule has 0 fully saturated rings. The molecule has 0 saturated heterocycles. The predicted molar refractivity (Wildman–Crippen MR) is 66.1 cm³/mol. The van der Waals surface area contributed by atoms with Gasteiger partial charge in [0.2, 0.25) is 0 Å². The third-order valence-electron chi connectivity index (χ3n) is 2.28. The molecule has 0 unspecified atom stereocenters. The van der Waals surface area contributed by atoms with Gasteiger partial charge in [-0.05, 0) is 27.4 Å². The predicted octanol–water partition coefficient (Wildman–Crippen LogP) is 2.38. The smallest absolute Gasteiger partial charge is 0.0641 e. The van der Waals surface area contributed by atoms with Gasteiger partial charge in [0.05, 0.1) is 5.69 Å². The van der Waals surface area contributed by atoms with Crippen molar-refractivity contribution in [3.8, 4) is 0 Å². The summed E-state index contributed by atoms with van der Waals surface area (Å²) in [5.41, 5.74) is 3.90. The van der Waals surface area contributed by atoms with Crippen molar-refractivity contribution in [2.45, 2.75) is 40.7 Å². The van der Waals surface area contributed by atoms with Gasteiger partial charge in [-0.1, -0.05) is 20.8 Å². The molecule has 1 aromatic heterocycles. The van der Waals surface area contributed by atoms with E-state index in [1.807, 2.05) is 25.6 Å². The third kappa shape index (κ3) is 3.67. The van der Waals surface area contributed by atoms with Crippen molar-refractivity contribution >= 4 is 0 Å². The normalized spacial score (nSPS) is 10.1. The summed E-state index contributed by atoms with van der Waals surface area (Å²) in [7, 11) is 6.20. The van der Waals surface area contributed by atoms with Gasteiger partial charge in [-0.2, -0.15) is 5.10 Å². The molecule has 15 heavy (non-hydrogen) atoms. The third-order valence-corrected chi connectivity index (χ3v) is 2.28. The van der Waals surface area contributed by atoms with Gasteiger partial charge >= 0.3 is 0 Å². The second-order valence-electron chi connectivity index (χ2n) is 3.73. The largest absolute Gasteiger partial charge is 0.305 e. The molecule has 0 aromatic carbocycles. The van der Waals surface area contributed by atoms with Gasteiger partial charge in [-0.25, -0.2) is 0 Å². The summed E-state index contributed by atoms with van der Waals surface area (Å²) in [5.74, 6) is 0. The second-order valence-corrected chi connectivity index (χ2v) is 3.73. The summed E-state index contributed by atoms with van der Waals surface area (Å²) in [6, 6.07) is 0. The van der Waals surface area contributed by atoms with Crippen molar-refractivity contribution in [3.63, 3.8) is 0 Å². The number of hydrogen-bond donors (Lipinski definition) is 0. The first kappa shape index (κ1) is 14.2. The van der Waals surface area contributed by atoms with Crippen molar-refractivity contribution in [1.82, 2.24) is 14.7 Å². The molecule has 88 valence electrons. The summed E-state index contributed by atoms with van der Waals surface area (Å²) < 4.78 is 1.99. The van der Waals surface area contributed by atoms with E-state index in [2.05, 4.69) is 37.9 Å². The van der Waals surface area contributed by atoms with Crippen LogP contribution >= 0.6 is 0 Å². The van der Waals surface area contributed by atoms with Crippen molar-refractivity contribution in [2.24, 2.45) is 7.05 Å². The molecule has 0 aliphatic carbocycles. The van der Waals surface area contributed by atoms with Gasteiger partial charge < -0.3 is 4.90 Å². The van der Waals surface area contributed by atoms with Gasteiger partial charge in [0, 0.05) is 24.8 Å². The maximum Gasteiger partial charge on any atom is 0.0641 e. The standard InChI is InChI=1S/C10H19N3.C2H6/c1-6-10-9(7-12(3)4)8(2)11-13(10)5;1-2/h6-7H2,1-5H3;1-2H3. The van der Waals surface area contributed by atoms with Gasteiger partial charge in [0.1, 0.15) is 0 Å². The minimum Gasteiger partial charge on any atom is -0.305 e. The molecule has 3 nitrogen and oxygen atoms in total. The van der Waals surface area contributed by atoms with Crippen LogP contribution in [-0.4, -0.2) is 28.8 Å². The molecule has 0 radical (unpaired) electrons. The number of aryl methyl sites for hydroxylation is 2. The Labute approximate surface area is 94.1 Å². The van der Waals surface area contributed by atoms with Crippen LogP contribution in [0.1, 0.15) is 37.7 Å². The monoisotopic (exact) mass is 211 g/mol. The number of nitrogens with zero attached hydrogens (tertiary/aromatic N) is 3. The van der Waals surface area contributed by atoms with E-state index >= 15 is 0 Å². The zero-order chi connectivity index (χ0) is 12.0. The first-order valence-electron chi connectivity index (χ1n) is 5.72. The fourth-order valence-corrected chi connectivity index (χ4v) is 1.71. The Bertz CT molecular complexity index is 287. The van der Waals surface area contributed by atoms with Crippen LogP contribution in [-0.2, 0) is 20.0 Å². The first-order chi connectivity index (χ1) is 7.06. The van der Waals surface area contributed by atoms with Crippen LogP contribution in [0.2, 0.25) is 0 Å². The maximum atomic E-state index is 4.42. The molecule has 0 bridgehead atoms. The highest BCUT2D eigenvalue weighted by Crippen LogP contribution is 2.14. The lowest BCUT2D eigenvalue weighted by molar-refractivity contribution is 0.399. The second kappa shape index (κ2) is 6.62. The Morgan fingerprint density at radius 3 is 2.20 bits per heavy atom. The SMILES string of the molecule is CC.CCc1c(CN(C)C)c(C)nn1C. The zero-order valence-electron chi connectivity index (χ0n) is 11.3. The van der Waals surface area contributed by atoms with E-state index in [9.17, 15) is 0 Å². The molecule has 0 amide bonds. The van der Waals surface area contributed by atoms with E-state index in [-0.39, 0.29) is 0 Å². The summed E-state index contributed by atoms with van der Waals surface area (Å²) in [4.78, 5) is 2.18. The Hall–Kier alpha value is -0.830. The van der Waals surface area contributed by atoms with Crippen LogP contribution < -0.4 is 0 Å². The van der Waals surface area contributed by atoms with Gasteiger partial charge in [-0.3, -0.25) is 4.68 Å². The summed E-state index contributed by atoms with van der Waals surface area (Å²) >= 11 is 0. The van der Waals surface area contributed by atoms with Gasteiger partial charge in [0.25, 0.3) is 0 Å². The van der Waals surface area contributed by atoms with Gasteiger partial charge in [-0.15, -0.1) is 0 Å². The van der Waals surface area contributed by atoms with E-state index < -0.39 is 0 Å². The number of hydrogen-bond acceptors (Lipinski definition) is 2. The van der Waals surface area contributed by atoms with Crippen molar-refractivity contribution in [1.29, 1.82) is 0 Å². The van der Waals surface area contributed by atoms with Crippen molar-refractivity contribution in [3.05, 3.63) is 17.0 Å². The quantitative estimate of drug-likeness (QED) is 0.765. The molecule has 3 heteroatoms. The van der Waals surface area contributed by atoms with Crippen LogP contribution in [0.15, 0.2) is 0 Å². The number of rotatable bonds is 3. The van der Waals surface area contributed by atoms with E-state index in [4.69, 9.17) is 0 Å². The molecule has 1 heterocycles. The Morgan fingerprint density at radius 2 is 1.80 bits per heavy atom. The average molecular weight is 211 g/mol. The molecule has 0 atom stereocenters. The minimum absolute atomic E-state index is 0.989. The molecular formula is C12H25N3. The summed E-state index contributed by atoms with van der Waals surface area (Å²) in [6.07, 6.45) is 1.06. The highest BCUT2D eigenvalue weighted by molar-refractivity contribution is 5.25. The Balaban J connectivity index is 0.000000921. The van der Waals surface area contributed by atoms with Crippen LogP contribution in [0.5, 0.6) is 0 Å². The van der Waals surface area contributed by atoms with E-state index in [1.165, 1.54) is 11.3 Å². The molecule has 1 aromatic rings. The van der Waals surface area contributed by atoms with Crippen LogP contribution in [0.25, 0.3) is 0 Å². The van der Waals surface area contributed by atoms with Crippen LogP contribution in [0, 0.1) is 6.92 Å². The van der Waals surface area contributed by atoms with Gasteiger partial charge in [0.15, 0.2) is 0 Å². The number of aromatic nitrogens is 2. The highest BCUT2D eigenvalue weighted by Gasteiger charge is 2.11. The minimum atomic E-state index is 0.989. The van der Waals surface area contributed by atoms with E-state index in [1.54, 1.807) is 0 Å². The Morgan fingerprint density at radius 1 is 1.27 bits per heavy atom. The van der Waals surface area contributed by atoms with Crippen molar-refractivity contribution < 1.29 is 0 Å². The molecule has 0 N–H and O–H groups in total. The van der Waals surface area contributed by atoms with Crippen molar-refractivity contribution in [2.75, 3.05) is 14.1 Å². The molecule has 0 aliphatic heterocycles. The fraction of sp³-hybridized carbons (Fsp3) is 0.750.